The molecule has 0 aliphatic heterocycles. The molecule has 0 atom stereocenters. The SMILES string of the molecule is Cc1ccccc1NC(=O)CNC1(CO)CC1. The number of nitrogens with one attached hydrogen (secondary N) is 2. The summed E-state index contributed by atoms with van der Waals surface area (Å²) in [6.07, 6.45) is 1.89. The molecule has 1 saturated carbocycles. The molecule has 2 rings (SSSR count). The van der Waals surface area contributed by atoms with Gasteiger partial charge in [-0.25, -0.2) is 0 Å². The first-order chi connectivity index (χ1) is 8.15. The number of benzene rings is 1. The van der Waals surface area contributed by atoms with E-state index >= 15 is 0 Å². The van der Waals surface area contributed by atoms with Crippen molar-refractivity contribution in [2.24, 2.45) is 0 Å². The van der Waals surface area contributed by atoms with Gasteiger partial charge in [0, 0.05) is 11.2 Å². The highest BCUT2D eigenvalue weighted by Crippen LogP contribution is 2.34. The number of carbonyl (C=O) groups excluding carboxylic acids is 1. The van der Waals surface area contributed by atoms with Crippen molar-refractivity contribution in [1.29, 1.82) is 0 Å². The number of hydrogen-bond acceptors (Lipinski definition) is 3. The lowest BCUT2D eigenvalue weighted by Gasteiger charge is -2.14. The fourth-order valence-electron chi connectivity index (χ4n) is 1.72. The van der Waals surface area contributed by atoms with Gasteiger partial charge in [0.1, 0.15) is 0 Å². The maximum atomic E-state index is 11.7. The summed E-state index contributed by atoms with van der Waals surface area (Å²) in [7, 11) is 0. The Morgan fingerprint density at radius 1 is 1.41 bits per heavy atom. The Bertz CT molecular complexity index is 414. The average Bonchev–Trinajstić information content (AvgIpc) is 3.10. The first-order valence-electron chi connectivity index (χ1n) is 5.87. The first kappa shape index (κ1) is 12.1. The van der Waals surface area contributed by atoms with E-state index in [9.17, 15) is 4.79 Å². The summed E-state index contributed by atoms with van der Waals surface area (Å²) in [5.74, 6) is -0.0703. The highest BCUT2D eigenvalue weighted by Gasteiger charge is 2.41. The summed E-state index contributed by atoms with van der Waals surface area (Å²) >= 11 is 0. The van der Waals surface area contributed by atoms with Crippen LogP contribution in [-0.2, 0) is 4.79 Å². The van der Waals surface area contributed by atoms with Crippen molar-refractivity contribution in [3.63, 3.8) is 0 Å². The van der Waals surface area contributed by atoms with Gasteiger partial charge in [-0.05, 0) is 31.4 Å². The molecular formula is C13H18N2O2. The number of aryl methyl sites for hydroxylation is 1. The molecule has 3 N–H and O–H groups in total. The minimum atomic E-state index is -0.191. The summed E-state index contributed by atoms with van der Waals surface area (Å²) < 4.78 is 0. The zero-order chi connectivity index (χ0) is 12.3. The molecule has 1 aliphatic rings. The molecule has 1 amide bonds. The van der Waals surface area contributed by atoms with Crippen molar-refractivity contribution < 1.29 is 9.90 Å². The lowest BCUT2D eigenvalue weighted by Crippen LogP contribution is -2.40. The molecule has 0 heterocycles. The second-order valence-electron chi connectivity index (χ2n) is 4.66. The molecule has 92 valence electrons. The van der Waals surface area contributed by atoms with Crippen LogP contribution in [0.3, 0.4) is 0 Å². The van der Waals surface area contributed by atoms with Crippen LogP contribution in [0.1, 0.15) is 18.4 Å². The second kappa shape index (κ2) is 4.85. The van der Waals surface area contributed by atoms with Crippen molar-refractivity contribution in [2.75, 3.05) is 18.5 Å². The summed E-state index contributed by atoms with van der Waals surface area (Å²) in [5, 5.41) is 15.1. The zero-order valence-corrected chi connectivity index (χ0v) is 9.99. The maximum Gasteiger partial charge on any atom is 0.238 e. The minimum absolute atomic E-state index is 0.0703. The number of aliphatic hydroxyl groups excluding tert-OH is 1. The number of para-hydroxylation sites is 1. The van der Waals surface area contributed by atoms with Crippen LogP contribution in [0.15, 0.2) is 24.3 Å². The Morgan fingerprint density at radius 2 is 2.12 bits per heavy atom. The average molecular weight is 234 g/mol. The van der Waals surface area contributed by atoms with Crippen molar-refractivity contribution in [1.82, 2.24) is 5.32 Å². The molecule has 1 fully saturated rings. The fourth-order valence-corrected chi connectivity index (χ4v) is 1.72. The molecule has 17 heavy (non-hydrogen) atoms. The molecular weight excluding hydrogens is 216 g/mol. The Morgan fingerprint density at radius 3 is 2.71 bits per heavy atom. The smallest absolute Gasteiger partial charge is 0.238 e. The third-order valence-corrected chi connectivity index (χ3v) is 3.20. The summed E-state index contributed by atoms with van der Waals surface area (Å²) in [6, 6.07) is 7.67. The topological polar surface area (TPSA) is 61.4 Å². The Balaban J connectivity index is 1.83. The van der Waals surface area contributed by atoms with E-state index in [1.807, 2.05) is 31.2 Å². The predicted octanol–water partition coefficient (Wildman–Crippen LogP) is 1.05. The molecule has 0 unspecified atom stereocenters. The van der Waals surface area contributed by atoms with E-state index in [1.165, 1.54) is 0 Å². The van der Waals surface area contributed by atoms with E-state index in [0.717, 1.165) is 24.1 Å². The zero-order valence-electron chi connectivity index (χ0n) is 9.99. The van der Waals surface area contributed by atoms with Crippen LogP contribution in [0, 0.1) is 6.92 Å². The van der Waals surface area contributed by atoms with Gasteiger partial charge in [0.25, 0.3) is 0 Å². The summed E-state index contributed by atoms with van der Waals surface area (Å²) in [5.41, 5.74) is 1.69. The van der Waals surface area contributed by atoms with Crippen molar-refractivity contribution in [3.8, 4) is 0 Å². The predicted molar refractivity (Wildman–Crippen MR) is 66.9 cm³/mol. The number of aliphatic hydroxyl groups is 1. The highest BCUT2D eigenvalue weighted by atomic mass is 16.3. The van der Waals surface area contributed by atoms with E-state index in [2.05, 4.69) is 10.6 Å². The second-order valence-corrected chi connectivity index (χ2v) is 4.66. The molecule has 1 aromatic carbocycles. The third-order valence-electron chi connectivity index (χ3n) is 3.20. The Hall–Kier alpha value is -1.39. The quantitative estimate of drug-likeness (QED) is 0.713. The fraction of sp³-hybridized carbons (Fsp3) is 0.462. The van der Waals surface area contributed by atoms with E-state index < -0.39 is 0 Å². The van der Waals surface area contributed by atoms with Gasteiger partial charge in [-0.15, -0.1) is 0 Å². The molecule has 0 bridgehead atoms. The number of anilines is 1. The van der Waals surface area contributed by atoms with E-state index in [4.69, 9.17) is 5.11 Å². The van der Waals surface area contributed by atoms with Crippen LogP contribution in [-0.4, -0.2) is 29.7 Å². The van der Waals surface area contributed by atoms with Gasteiger partial charge in [-0.3, -0.25) is 4.79 Å². The van der Waals surface area contributed by atoms with Gasteiger partial charge in [-0.1, -0.05) is 18.2 Å². The molecule has 4 heteroatoms. The molecule has 1 aromatic rings. The van der Waals surface area contributed by atoms with Crippen LogP contribution in [0.2, 0.25) is 0 Å². The molecule has 0 aromatic heterocycles. The Labute approximate surface area is 101 Å². The molecule has 4 nitrogen and oxygen atoms in total. The lowest BCUT2D eigenvalue weighted by molar-refractivity contribution is -0.115. The summed E-state index contributed by atoms with van der Waals surface area (Å²) in [4.78, 5) is 11.7. The standard InChI is InChI=1S/C13H18N2O2/c1-10-4-2-3-5-11(10)15-12(17)8-14-13(9-16)6-7-13/h2-5,14,16H,6-9H2,1H3,(H,15,17). The van der Waals surface area contributed by atoms with Crippen molar-refractivity contribution >= 4 is 11.6 Å². The Kier molecular flexibility index (Phi) is 3.45. The van der Waals surface area contributed by atoms with Gasteiger partial charge >= 0.3 is 0 Å². The number of rotatable bonds is 5. The van der Waals surface area contributed by atoms with Gasteiger partial charge in [0.15, 0.2) is 0 Å². The number of hydrogen-bond donors (Lipinski definition) is 3. The monoisotopic (exact) mass is 234 g/mol. The van der Waals surface area contributed by atoms with E-state index in [0.29, 0.717) is 0 Å². The van der Waals surface area contributed by atoms with Crippen LogP contribution in [0.25, 0.3) is 0 Å². The largest absolute Gasteiger partial charge is 0.394 e. The van der Waals surface area contributed by atoms with Crippen molar-refractivity contribution in [2.45, 2.75) is 25.3 Å². The highest BCUT2D eigenvalue weighted by molar-refractivity contribution is 5.93. The van der Waals surface area contributed by atoms with Crippen LogP contribution in [0.5, 0.6) is 0 Å². The number of amides is 1. The lowest BCUT2D eigenvalue weighted by atomic mass is 10.2. The van der Waals surface area contributed by atoms with Gasteiger partial charge in [0.2, 0.25) is 5.91 Å². The third kappa shape index (κ3) is 3.05. The van der Waals surface area contributed by atoms with Crippen LogP contribution >= 0.6 is 0 Å². The van der Waals surface area contributed by atoms with Crippen LogP contribution < -0.4 is 10.6 Å². The first-order valence-corrected chi connectivity index (χ1v) is 5.87. The van der Waals surface area contributed by atoms with Crippen molar-refractivity contribution in [3.05, 3.63) is 29.8 Å². The maximum absolute atomic E-state index is 11.7. The molecule has 1 aliphatic carbocycles. The molecule has 0 spiro atoms. The van der Waals surface area contributed by atoms with Gasteiger partial charge < -0.3 is 15.7 Å². The van der Waals surface area contributed by atoms with Gasteiger partial charge in [0.05, 0.1) is 13.2 Å². The molecule has 0 saturated heterocycles. The van der Waals surface area contributed by atoms with E-state index in [-0.39, 0.29) is 24.6 Å². The van der Waals surface area contributed by atoms with Crippen LogP contribution in [0.4, 0.5) is 5.69 Å². The van der Waals surface area contributed by atoms with Gasteiger partial charge in [-0.2, -0.15) is 0 Å². The minimum Gasteiger partial charge on any atom is -0.394 e. The molecule has 0 radical (unpaired) electrons. The summed E-state index contributed by atoms with van der Waals surface area (Å²) in [6.45, 7) is 2.30. The normalized spacial score (nSPS) is 16.6. The number of carbonyl (C=O) groups is 1. The van der Waals surface area contributed by atoms with E-state index in [1.54, 1.807) is 0 Å².